The molecule has 2 aromatic carbocycles. The zero-order valence-corrected chi connectivity index (χ0v) is 13.8. The van der Waals surface area contributed by atoms with E-state index in [1.165, 1.54) is 0 Å². The molecule has 2 aromatic rings. The van der Waals surface area contributed by atoms with E-state index < -0.39 is 5.41 Å². The molecule has 0 aliphatic carbocycles. The molecule has 1 aliphatic heterocycles. The van der Waals surface area contributed by atoms with Crippen molar-refractivity contribution in [2.24, 2.45) is 11.7 Å². The first-order chi connectivity index (χ1) is 11.1. The number of nitrogens with zero attached hydrogens (tertiary/aromatic N) is 1. The van der Waals surface area contributed by atoms with Gasteiger partial charge in [0.15, 0.2) is 0 Å². The first-order valence-electron chi connectivity index (χ1n) is 8.21. The summed E-state index contributed by atoms with van der Waals surface area (Å²) in [5, 5.41) is 0. The summed E-state index contributed by atoms with van der Waals surface area (Å²) in [6.07, 6.45) is 0. The first kappa shape index (κ1) is 15.8. The van der Waals surface area contributed by atoms with Crippen LogP contribution in [0.1, 0.15) is 25.0 Å². The molecule has 3 rings (SSSR count). The van der Waals surface area contributed by atoms with Gasteiger partial charge in [-0.15, -0.1) is 0 Å². The fourth-order valence-electron chi connectivity index (χ4n) is 3.73. The van der Waals surface area contributed by atoms with Gasteiger partial charge in [0.25, 0.3) is 0 Å². The van der Waals surface area contributed by atoms with Gasteiger partial charge in [0.1, 0.15) is 5.41 Å². The van der Waals surface area contributed by atoms with Crippen LogP contribution < -0.4 is 5.73 Å². The molecule has 1 fully saturated rings. The van der Waals surface area contributed by atoms with E-state index in [0.29, 0.717) is 6.04 Å². The van der Waals surface area contributed by atoms with Gasteiger partial charge in [-0.2, -0.15) is 0 Å². The number of rotatable bonds is 5. The molecule has 1 heterocycles. The minimum Gasteiger partial charge on any atom is -0.369 e. The molecule has 0 radical (unpaired) electrons. The number of hydrogen-bond acceptors (Lipinski definition) is 2. The van der Waals surface area contributed by atoms with Gasteiger partial charge in [-0.25, -0.2) is 0 Å². The summed E-state index contributed by atoms with van der Waals surface area (Å²) in [5.41, 5.74) is 7.24. The molecule has 0 atom stereocenters. The molecule has 1 aliphatic rings. The maximum atomic E-state index is 12.7. The van der Waals surface area contributed by atoms with E-state index in [9.17, 15) is 4.79 Å². The summed E-state index contributed by atoms with van der Waals surface area (Å²) in [5.74, 6) is -0.0597. The third-order valence-electron chi connectivity index (χ3n) is 5.10. The Hall–Kier alpha value is -2.13. The van der Waals surface area contributed by atoms with E-state index in [1.54, 1.807) is 0 Å². The highest BCUT2D eigenvalue weighted by atomic mass is 16.1. The van der Waals surface area contributed by atoms with Gasteiger partial charge in [-0.05, 0) is 25.0 Å². The molecule has 0 spiro atoms. The second-order valence-corrected chi connectivity index (χ2v) is 6.65. The maximum Gasteiger partial charge on any atom is 0.232 e. The van der Waals surface area contributed by atoms with Crippen LogP contribution in [0.25, 0.3) is 0 Å². The van der Waals surface area contributed by atoms with Crippen LogP contribution in [-0.2, 0) is 10.2 Å². The Morgan fingerprint density at radius 1 is 1.00 bits per heavy atom. The van der Waals surface area contributed by atoms with Gasteiger partial charge < -0.3 is 10.6 Å². The normalized spacial score (nSPS) is 16.3. The van der Waals surface area contributed by atoms with Gasteiger partial charge in [-0.1, -0.05) is 60.7 Å². The molecule has 0 unspecified atom stereocenters. The zero-order chi connectivity index (χ0) is 16.4. The van der Waals surface area contributed by atoms with Crippen LogP contribution in [0.5, 0.6) is 0 Å². The fraction of sp³-hybridized carbons (Fsp3) is 0.350. The van der Waals surface area contributed by atoms with E-state index in [0.717, 1.165) is 24.2 Å². The van der Waals surface area contributed by atoms with Crippen LogP contribution in [-0.4, -0.2) is 29.9 Å². The van der Waals surface area contributed by atoms with Crippen molar-refractivity contribution in [1.29, 1.82) is 0 Å². The van der Waals surface area contributed by atoms with Crippen molar-refractivity contribution >= 4 is 5.91 Å². The van der Waals surface area contributed by atoms with Crippen molar-refractivity contribution in [1.82, 2.24) is 4.90 Å². The molecule has 2 N–H and O–H groups in total. The Morgan fingerprint density at radius 2 is 1.43 bits per heavy atom. The Labute approximate surface area is 138 Å². The summed E-state index contributed by atoms with van der Waals surface area (Å²) in [6, 6.07) is 20.5. The molecule has 23 heavy (non-hydrogen) atoms. The number of carbonyl (C=O) groups excluding carboxylic acids is 1. The van der Waals surface area contributed by atoms with Crippen LogP contribution in [0.2, 0.25) is 0 Å². The Kier molecular flexibility index (Phi) is 4.22. The van der Waals surface area contributed by atoms with Crippen molar-refractivity contribution in [2.45, 2.75) is 25.3 Å². The second kappa shape index (κ2) is 6.17. The number of hydrogen-bond donors (Lipinski definition) is 1. The van der Waals surface area contributed by atoms with Crippen LogP contribution in [0.15, 0.2) is 60.7 Å². The van der Waals surface area contributed by atoms with Crippen molar-refractivity contribution in [3.8, 4) is 0 Å². The largest absolute Gasteiger partial charge is 0.369 e. The summed E-state index contributed by atoms with van der Waals surface area (Å²) in [6.45, 7) is 6.16. The van der Waals surface area contributed by atoms with Crippen LogP contribution >= 0.6 is 0 Å². The quantitative estimate of drug-likeness (QED) is 0.923. The van der Waals surface area contributed by atoms with Crippen molar-refractivity contribution < 1.29 is 4.79 Å². The molecule has 0 bridgehead atoms. The Morgan fingerprint density at radius 3 is 1.78 bits per heavy atom. The minimum atomic E-state index is -0.756. The Balaban J connectivity index is 2.11. The van der Waals surface area contributed by atoms with Crippen molar-refractivity contribution in [3.05, 3.63) is 71.8 Å². The molecule has 0 saturated carbocycles. The molecule has 3 nitrogen and oxygen atoms in total. The summed E-state index contributed by atoms with van der Waals surface area (Å²) in [4.78, 5) is 15.1. The number of primary amides is 1. The summed E-state index contributed by atoms with van der Waals surface area (Å²) < 4.78 is 0. The number of amides is 1. The topological polar surface area (TPSA) is 46.3 Å². The predicted octanol–water partition coefficient (Wildman–Crippen LogP) is 2.80. The lowest BCUT2D eigenvalue weighted by molar-refractivity contribution is -0.127. The fourth-order valence-corrected chi connectivity index (χ4v) is 3.73. The van der Waals surface area contributed by atoms with Crippen LogP contribution in [0.4, 0.5) is 0 Å². The van der Waals surface area contributed by atoms with Gasteiger partial charge in [-0.3, -0.25) is 4.79 Å². The second-order valence-electron chi connectivity index (χ2n) is 6.65. The van der Waals surface area contributed by atoms with E-state index >= 15 is 0 Å². The average molecular weight is 308 g/mol. The number of carbonyl (C=O) groups is 1. The first-order valence-corrected chi connectivity index (χ1v) is 8.21. The predicted molar refractivity (Wildman–Crippen MR) is 93.1 cm³/mol. The highest BCUT2D eigenvalue weighted by molar-refractivity contribution is 5.91. The van der Waals surface area contributed by atoms with Gasteiger partial charge >= 0.3 is 0 Å². The van der Waals surface area contributed by atoms with E-state index in [4.69, 9.17) is 5.73 Å². The Bertz CT molecular complexity index is 621. The zero-order valence-electron chi connectivity index (χ0n) is 13.8. The molecular formula is C20H24N2O. The molecule has 3 heteroatoms. The molecule has 1 saturated heterocycles. The molecule has 1 amide bonds. The van der Waals surface area contributed by atoms with Gasteiger partial charge in [0.2, 0.25) is 5.91 Å². The van der Waals surface area contributed by atoms with Crippen LogP contribution in [0.3, 0.4) is 0 Å². The number of nitrogens with two attached hydrogens (primary N) is 1. The lowest BCUT2D eigenvalue weighted by atomic mass is 9.62. The lowest BCUT2D eigenvalue weighted by Gasteiger charge is -2.51. The number of benzene rings is 2. The van der Waals surface area contributed by atoms with E-state index in [2.05, 4.69) is 18.7 Å². The van der Waals surface area contributed by atoms with Crippen LogP contribution in [0, 0.1) is 5.92 Å². The number of likely N-dealkylation sites (tertiary alicyclic amines) is 1. The summed E-state index contributed by atoms with van der Waals surface area (Å²) in [7, 11) is 0. The highest BCUT2D eigenvalue weighted by Gasteiger charge is 2.52. The summed E-state index contributed by atoms with van der Waals surface area (Å²) >= 11 is 0. The lowest BCUT2D eigenvalue weighted by Crippen LogP contribution is -2.62. The van der Waals surface area contributed by atoms with Crippen molar-refractivity contribution in [3.63, 3.8) is 0 Å². The monoisotopic (exact) mass is 308 g/mol. The minimum absolute atomic E-state index is 0.201. The average Bonchev–Trinajstić information content (AvgIpc) is 2.51. The SMILES string of the molecule is CC(C)N1CC(C(C(N)=O)(c2ccccc2)c2ccccc2)C1. The third-order valence-corrected chi connectivity index (χ3v) is 5.10. The van der Waals surface area contributed by atoms with Gasteiger partial charge in [0, 0.05) is 25.0 Å². The molecule has 120 valence electrons. The third kappa shape index (κ3) is 2.55. The smallest absolute Gasteiger partial charge is 0.232 e. The van der Waals surface area contributed by atoms with Gasteiger partial charge in [0.05, 0.1) is 0 Å². The van der Waals surface area contributed by atoms with E-state index in [-0.39, 0.29) is 11.8 Å². The maximum absolute atomic E-state index is 12.7. The van der Waals surface area contributed by atoms with Crippen molar-refractivity contribution in [2.75, 3.05) is 13.1 Å². The standard InChI is InChI=1S/C20H24N2O/c1-15(2)22-13-18(14-22)20(19(21)23,16-9-5-3-6-10-16)17-11-7-4-8-12-17/h3-12,15,18H,13-14H2,1-2H3,(H2,21,23). The highest BCUT2D eigenvalue weighted by Crippen LogP contribution is 2.43. The molecular weight excluding hydrogens is 284 g/mol. The molecule has 0 aromatic heterocycles. The van der Waals surface area contributed by atoms with E-state index in [1.807, 2.05) is 60.7 Å².